The molecule has 1 saturated carbocycles. The summed E-state index contributed by atoms with van der Waals surface area (Å²) in [6.07, 6.45) is 6.51. The van der Waals surface area contributed by atoms with Crippen molar-refractivity contribution < 1.29 is 4.39 Å². The van der Waals surface area contributed by atoms with E-state index in [0.717, 1.165) is 22.8 Å². The highest BCUT2D eigenvalue weighted by molar-refractivity contribution is 5.76. The lowest BCUT2D eigenvalue weighted by atomic mass is 9.85. The van der Waals surface area contributed by atoms with Crippen LogP contribution in [0.25, 0.3) is 11.0 Å². The molecule has 0 bridgehead atoms. The molecule has 1 aromatic heterocycles. The largest absolute Gasteiger partial charge is 0.330 e. The van der Waals surface area contributed by atoms with E-state index in [2.05, 4.69) is 14.9 Å². The fourth-order valence-electron chi connectivity index (χ4n) is 4.02. The molecule has 1 saturated heterocycles. The highest BCUT2D eigenvalue weighted by atomic mass is 19.1. The third kappa shape index (κ3) is 1.85. The van der Waals surface area contributed by atoms with Crippen molar-refractivity contribution in [1.29, 1.82) is 0 Å². The number of rotatable bonds is 1. The Kier molecular flexibility index (Phi) is 2.81. The number of halogens is 1. The van der Waals surface area contributed by atoms with Gasteiger partial charge >= 0.3 is 0 Å². The minimum atomic E-state index is -0.213. The average molecular weight is 273 g/mol. The van der Waals surface area contributed by atoms with Crippen LogP contribution in [0.15, 0.2) is 18.2 Å². The number of hydrogen-bond donors (Lipinski definition) is 1. The van der Waals surface area contributed by atoms with Crippen molar-refractivity contribution in [3.8, 4) is 0 Å². The van der Waals surface area contributed by atoms with Crippen LogP contribution in [-0.2, 0) is 7.05 Å². The van der Waals surface area contributed by atoms with Crippen LogP contribution in [0.1, 0.15) is 44.0 Å². The number of imidazole rings is 1. The van der Waals surface area contributed by atoms with E-state index in [-0.39, 0.29) is 5.82 Å². The lowest BCUT2D eigenvalue weighted by Gasteiger charge is -2.24. The van der Waals surface area contributed by atoms with Gasteiger partial charge in [-0.1, -0.05) is 12.8 Å². The molecule has 3 nitrogen and oxygen atoms in total. The summed E-state index contributed by atoms with van der Waals surface area (Å²) in [7, 11) is 2.03. The molecule has 0 radical (unpaired) electrons. The van der Waals surface area contributed by atoms with Crippen molar-refractivity contribution in [3.63, 3.8) is 0 Å². The standard InChI is InChI=1S/C16H20FN3/c1-20-15-7-6-11(17)9-13(15)19-16(20)14-8-10-4-2-3-5-12(10)18-14/h6-7,9-10,12,14,18H,2-5,8H2,1H3. The minimum Gasteiger partial charge on any atom is -0.330 e. The zero-order chi connectivity index (χ0) is 13.7. The SMILES string of the molecule is Cn1c(C2CC3CCCCC3N2)nc2cc(F)ccc21. The van der Waals surface area contributed by atoms with E-state index in [0.29, 0.717) is 12.1 Å². The Morgan fingerprint density at radius 2 is 2.15 bits per heavy atom. The summed E-state index contributed by atoms with van der Waals surface area (Å²) in [4.78, 5) is 4.67. The summed E-state index contributed by atoms with van der Waals surface area (Å²) in [6, 6.07) is 5.84. The number of nitrogens with one attached hydrogen (secondary N) is 1. The maximum absolute atomic E-state index is 13.3. The highest BCUT2D eigenvalue weighted by Gasteiger charge is 2.37. The molecule has 3 unspecified atom stereocenters. The molecule has 0 spiro atoms. The van der Waals surface area contributed by atoms with Crippen molar-refractivity contribution in [3.05, 3.63) is 29.8 Å². The van der Waals surface area contributed by atoms with E-state index in [1.54, 1.807) is 0 Å². The maximum atomic E-state index is 13.3. The van der Waals surface area contributed by atoms with Gasteiger partial charge in [-0.15, -0.1) is 0 Å². The van der Waals surface area contributed by atoms with Gasteiger partial charge < -0.3 is 9.88 Å². The van der Waals surface area contributed by atoms with Crippen LogP contribution in [0.3, 0.4) is 0 Å². The summed E-state index contributed by atoms with van der Waals surface area (Å²) < 4.78 is 15.4. The van der Waals surface area contributed by atoms with Crippen molar-refractivity contribution in [2.24, 2.45) is 13.0 Å². The van der Waals surface area contributed by atoms with E-state index < -0.39 is 0 Å². The highest BCUT2D eigenvalue weighted by Crippen LogP contribution is 2.39. The van der Waals surface area contributed by atoms with Crippen molar-refractivity contribution in [2.75, 3.05) is 0 Å². The van der Waals surface area contributed by atoms with E-state index >= 15 is 0 Å². The number of aryl methyl sites for hydroxylation is 1. The van der Waals surface area contributed by atoms with Gasteiger partial charge in [-0.3, -0.25) is 0 Å². The molecule has 1 aromatic carbocycles. The molecule has 106 valence electrons. The fraction of sp³-hybridized carbons (Fsp3) is 0.562. The summed E-state index contributed by atoms with van der Waals surface area (Å²) in [5.74, 6) is 1.64. The van der Waals surface area contributed by atoms with Crippen molar-refractivity contribution in [1.82, 2.24) is 14.9 Å². The van der Waals surface area contributed by atoms with Crippen LogP contribution in [-0.4, -0.2) is 15.6 Å². The molecule has 1 aliphatic heterocycles. The molecule has 2 aliphatic rings. The quantitative estimate of drug-likeness (QED) is 0.864. The number of benzene rings is 1. The van der Waals surface area contributed by atoms with Gasteiger partial charge in [-0.05, 0) is 37.3 Å². The van der Waals surface area contributed by atoms with Gasteiger partial charge in [0, 0.05) is 19.2 Å². The number of nitrogens with zero attached hydrogens (tertiary/aromatic N) is 2. The Morgan fingerprint density at radius 3 is 3.00 bits per heavy atom. The zero-order valence-electron chi connectivity index (χ0n) is 11.8. The van der Waals surface area contributed by atoms with Crippen LogP contribution >= 0.6 is 0 Å². The van der Waals surface area contributed by atoms with E-state index in [4.69, 9.17) is 0 Å². The third-order valence-corrected chi connectivity index (χ3v) is 5.05. The molecule has 4 heteroatoms. The topological polar surface area (TPSA) is 29.9 Å². The van der Waals surface area contributed by atoms with Crippen molar-refractivity contribution in [2.45, 2.75) is 44.2 Å². The lowest BCUT2D eigenvalue weighted by Crippen LogP contribution is -2.31. The Morgan fingerprint density at radius 1 is 1.30 bits per heavy atom. The molecular weight excluding hydrogens is 253 g/mol. The number of fused-ring (bicyclic) bond motifs is 2. The van der Waals surface area contributed by atoms with Gasteiger partial charge in [0.25, 0.3) is 0 Å². The second kappa shape index (κ2) is 4.55. The first kappa shape index (κ1) is 12.3. The number of aromatic nitrogens is 2. The molecule has 3 atom stereocenters. The molecule has 4 rings (SSSR count). The Hall–Kier alpha value is -1.42. The predicted octanol–water partition coefficient (Wildman–Crippen LogP) is 3.31. The first-order valence-electron chi connectivity index (χ1n) is 7.60. The smallest absolute Gasteiger partial charge is 0.126 e. The van der Waals surface area contributed by atoms with Crippen LogP contribution in [0.2, 0.25) is 0 Å². The van der Waals surface area contributed by atoms with E-state index in [9.17, 15) is 4.39 Å². The minimum absolute atomic E-state index is 0.213. The summed E-state index contributed by atoms with van der Waals surface area (Å²) in [5.41, 5.74) is 1.78. The zero-order valence-corrected chi connectivity index (χ0v) is 11.8. The molecule has 2 heterocycles. The van der Waals surface area contributed by atoms with E-state index in [1.807, 2.05) is 13.1 Å². The second-order valence-corrected chi connectivity index (χ2v) is 6.27. The van der Waals surface area contributed by atoms with Gasteiger partial charge in [-0.2, -0.15) is 0 Å². The fourth-order valence-corrected chi connectivity index (χ4v) is 4.02. The number of hydrogen-bond acceptors (Lipinski definition) is 2. The molecule has 2 fully saturated rings. The van der Waals surface area contributed by atoms with Gasteiger partial charge in [0.05, 0.1) is 17.1 Å². The molecule has 1 aliphatic carbocycles. The Balaban J connectivity index is 1.70. The van der Waals surface area contributed by atoms with Crippen LogP contribution in [0.5, 0.6) is 0 Å². The summed E-state index contributed by atoms with van der Waals surface area (Å²) in [6.45, 7) is 0. The van der Waals surface area contributed by atoms with Crippen LogP contribution < -0.4 is 5.32 Å². The summed E-state index contributed by atoms with van der Waals surface area (Å²) >= 11 is 0. The van der Waals surface area contributed by atoms with E-state index in [1.165, 1.54) is 44.2 Å². The third-order valence-electron chi connectivity index (χ3n) is 5.05. The first-order chi connectivity index (χ1) is 9.72. The van der Waals surface area contributed by atoms with Crippen LogP contribution in [0, 0.1) is 11.7 Å². The lowest BCUT2D eigenvalue weighted by molar-refractivity contribution is 0.325. The Bertz CT molecular complexity index is 634. The maximum Gasteiger partial charge on any atom is 0.126 e. The Labute approximate surface area is 118 Å². The monoisotopic (exact) mass is 273 g/mol. The van der Waals surface area contributed by atoms with Gasteiger partial charge in [-0.25, -0.2) is 9.37 Å². The molecule has 1 N–H and O–H groups in total. The van der Waals surface area contributed by atoms with Gasteiger partial charge in [0.2, 0.25) is 0 Å². The van der Waals surface area contributed by atoms with Gasteiger partial charge in [0.1, 0.15) is 11.6 Å². The molecule has 0 amide bonds. The molecular formula is C16H20FN3. The predicted molar refractivity (Wildman–Crippen MR) is 76.9 cm³/mol. The molecule has 2 aromatic rings. The first-order valence-corrected chi connectivity index (χ1v) is 7.60. The summed E-state index contributed by atoms with van der Waals surface area (Å²) in [5, 5.41) is 3.75. The average Bonchev–Trinajstić information content (AvgIpc) is 3.00. The molecule has 20 heavy (non-hydrogen) atoms. The van der Waals surface area contributed by atoms with Gasteiger partial charge in [0.15, 0.2) is 0 Å². The second-order valence-electron chi connectivity index (χ2n) is 6.27. The normalized spacial score (nSPS) is 29.8. The van der Waals surface area contributed by atoms with Crippen LogP contribution in [0.4, 0.5) is 4.39 Å². The van der Waals surface area contributed by atoms with Crippen molar-refractivity contribution >= 4 is 11.0 Å².